The van der Waals surface area contributed by atoms with Crippen LogP contribution in [0.1, 0.15) is 5.01 Å². The van der Waals surface area contributed by atoms with Crippen LogP contribution in [0, 0.1) is 6.92 Å². The summed E-state index contributed by atoms with van der Waals surface area (Å²) < 4.78 is 23.2. The minimum atomic E-state index is -3.07. The fourth-order valence-electron chi connectivity index (χ4n) is 1.36. The lowest BCUT2D eigenvalue weighted by atomic mass is 10.3. The zero-order valence-electron chi connectivity index (χ0n) is 7.95. The van der Waals surface area contributed by atoms with Crippen molar-refractivity contribution in [2.45, 2.75) is 22.6 Å². The molecule has 0 aliphatic carbocycles. The van der Waals surface area contributed by atoms with Crippen molar-refractivity contribution in [3.8, 4) is 0 Å². The number of thioether (sulfide) groups is 1. The number of aryl methyl sites for hydroxylation is 1. The van der Waals surface area contributed by atoms with Gasteiger partial charge < -0.3 is 5.11 Å². The number of sulfone groups is 1. The lowest BCUT2D eigenvalue weighted by Crippen LogP contribution is -2.19. The molecule has 2 unspecified atom stereocenters. The van der Waals surface area contributed by atoms with Gasteiger partial charge in [-0.15, -0.1) is 10.2 Å². The van der Waals surface area contributed by atoms with Gasteiger partial charge in [0.2, 0.25) is 0 Å². The molecule has 0 spiro atoms. The summed E-state index contributed by atoms with van der Waals surface area (Å²) >= 11 is 2.71. The largest absolute Gasteiger partial charge is 0.391 e. The van der Waals surface area contributed by atoms with Crippen LogP contribution in [0.2, 0.25) is 0 Å². The molecule has 84 valence electrons. The first-order valence-electron chi connectivity index (χ1n) is 4.31. The smallest absolute Gasteiger partial charge is 0.174 e. The monoisotopic (exact) mass is 266 g/mol. The molecular formula is C7H10N2O3S3. The van der Waals surface area contributed by atoms with Gasteiger partial charge in [-0.25, -0.2) is 8.42 Å². The average Bonchev–Trinajstić information content (AvgIpc) is 2.58. The van der Waals surface area contributed by atoms with E-state index in [0.29, 0.717) is 4.34 Å². The average molecular weight is 266 g/mol. The predicted molar refractivity (Wildman–Crippen MR) is 59.0 cm³/mol. The van der Waals surface area contributed by atoms with Crippen LogP contribution in [0.4, 0.5) is 0 Å². The molecule has 0 bridgehead atoms. The van der Waals surface area contributed by atoms with E-state index in [1.807, 2.05) is 6.92 Å². The van der Waals surface area contributed by atoms with Gasteiger partial charge >= 0.3 is 0 Å². The lowest BCUT2D eigenvalue weighted by molar-refractivity contribution is 0.207. The van der Waals surface area contributed by atoms with E-state index in [9.17, 15) is 13.5 Å². The molecule has 1 aromatic heterocycles. The third-order valence-electron chi connectivity index (χ3n) is 2.03. The van der Waals surface area contributed by atoms with E-state index < -0.39 is 15.9 Å². The van der Waals surface area contributed by atoms with Crippen LogP contribution in [-0.2, 0) is 9.84 Å². The quantitative estimate of drug-likeness (QED) is 0.817. The summed E-state index contributed by atoms with van der Waals surface area (Å²) in [6, 6.07) is 0. The van der Waals surface area contributed by atoms with Gasteiger partial charge in [-0.05, 0) is 6.92 Å². The van der Waals surface area contributed by atoms with E-state index in [1.165, 1.54) is 23.1 Å². The molecule has 2 heterocycles. The summed E-state index contributed by atoms with van der Waals surface area (Å²) in [5, 5.41) is 17.8. The van der Waals surface area contributed by atoms with Crippen LogP contribution in [0.25, 0.3) is 0 Å². The molecule has 1 saturated heterocycles. The molecule has 1 N–H and O–H groups in total. The number of nitrogens with zero attached hydrogens (tertiary/aromatic N) is 2. The van der Waals surface area contributed by atoms with E-state index in [2.05, 4.69) is 10.2 Å². The van der Waals surface area contributed by atoms with E-state index in [4.69, 9.17) is 0 Å². The highest BCUT2D eigenvalue weighted by Gasteiger charge is 2.37. The molecule has 15 heavy (non-hydrogen) atoms. The van der Waals surface area contributed by atoms with Crippen molar-refractivity contribution in [2.75, 3.05) is 11.5 Å². The number of hydrogen-bond acceptors (Lipinski definition) is 7. The second-order valence-electron chi connectivity index (χ2n) is 3.39. The highest BCUT2D eigenvalue weighted by molar-refractivity contribution is 8.03. The summed E-state index contributed by atoms with van der Waals surface area (Å²) in [5.74, 6) is -0.111. The second kappa shape index (κ2) is 4.00. The van der Waals surface area contributed by atoms with Crippen molar-refractivity contribution in [3.63, 3.8) is 0 Å². The van der Waals surface area contributed by atoms with Crippen molar-refractivity contribution in [1.82, 2.24) is 10.2 Å². The standard InChI is InChI=1S/C7H10N2O3S3/c1-4-8-9-7(13-4)14-6-3-15(11,12)2-5(6)10/h5-6,10H,2-3H2,1H3. The molecule has 1 aliphatic heterocycles. The van der Waals surface area contributed by atoms with Crippen LogP contribution >= 0.6 is 23.1 Å². The van der Waals surface area contributed by atoms with Gasteiger partial charge in [-0.3, -0.25) is 0 Å². The SMILES string of the molecule is Cc1nnc(SC2CS(=O)(=O)CC2O)s1. The molecule has 2 atom stereocenters. The van der Waals surface area contributed by atoms with Gasteiger partial charge in [0.05, 0.1) is 22.9 Å². The zero-order chi connectivity index (χ0) is 11.1. The normalized spacial score (nSPS) is 29.5. The Morgan fingerprint density at radius 3 is 2.67 bits per heavy atom. The van der Waals surface area contributed by atoms with Crippen molar-refractivity contribution in [3.05, 3.63) is 5.01 Å². The lowest BCUT2D eigenvalue weighted by Gasteiger charge is -2.08. The molecule has 1 fully saturated rings. The van der Waals surface area contributed by atoms with Gasteiger partial charge in [-0.2, -0.15) is 0 Å². The van der Waals surface area contributed by atoms with Crippen LogP contribution in [0.5, 0.6) is 0 Å². The van der Waals surface area contributed by atoms with E-state index in [0.717, 1.165) is 5.01 Å². The molecule has 1 aromatic rings. The first kappa shape index (κ1) is 11.3. The number of rotatable bonds is 2. The Balaban J connectivity index is 2.08. The zero-order valence-corrected chi connectivity index (χ0v) is 10.4. The first-order valence-corrected chi connectivity index (χ1v) is 7.83. The molecule has 5 nitrogen and oxygen atoms in total. The van der Waals surface area contributed by atoms with Gasteiger partial charge in [0.15, 0.2) is 14.2 Å². The highest BCUT2D eigenvalue weighted by Crippen LogP contribution is 2.32. The van der Waals surface area contributed by atoms with Crippen molar-refractivity contribution >= 4 is 32.9 Å². The molecule has 8 heteroatoms. The van der Waals surface area contributed by atoms with Crippen LogP contribution < -0.4 is 0 Å². The second-order valence-corrected chi connectivity index (χ2v) is 8.21. The van der Waals surface area contributed by atoms with Crippen molar-refractivity contribution in [2.24, 2.45) is 0 Å². The van der Waals surface area contributed by atoms with Gasteiger partial charge in [0.1, 0.15) is 5.01 Å². The van der Waals surface area contributed by atoms with Gasteiger partial charge in [0, 0.05) is 0 Å². The van der Waals surface area contributed by atoms with Crippen LogP contribution in [0.15, 0.2) is 4.34 Å². The van der Waals surface area contributed by atoms with E-state index in [-0.39, 0.29) is 16.8 Å². The Labute approximate surface area is 95.8 Å². The maximum Gasteiger partial charge on any atom is 0.174 e. The third kappa shape index (κ3) is 2.68. The highest BCUT2D eigenvalue weighted by atomic mass is 32.2. The summed E-state index contributed by atoms with van der Waals surface area (Å²) in [6.45, 7) is 1.84. The topological polar surface area (TPSA) is 80.2 Å². The molecule has 0 saturated carbocycles. The maximum atomic E-state index is 11.2. The van der Waals surface area contributed by atoms with Gasteiger partial charge in [0.25, 0.3) is 0 Å². The summed E-state index contributed by atoms with van der Waals surface area (Å²) in [5.41, 5.74) is 0. The Kier molecular flexibility index (Phi) is 3.02. The van der Waals surface area contributed by atoms with Crippen molar-refractivity contribution in [1.29, 1.82) is 0 Å². The number of hydrogen-bond donors (Lipinski definition) is 1. The predicted octanol–water partition coefficient (Wildman–Crippen LogP) is 0.0965. The Morgan fingerprint density at radius 1 is 1.47 bits per heavy atom. The molecule has 1 aliphatic rings. The van der Waals surface area contributed by atoms with Crippen molar-refractivity contribution < 1.29 is 13.5 Å². The summed E-state index contributed by atoms with van der Waals surface area (Å²) in [7, 11) is -3.07. The minimum absolute atomic E-state index is 0.0253. The van der Waals surface area contributed by atoms with E-state index >= 15 is 0 Å². The first-order chi connectivity index (χ1) is 6.96. The maximum absolute atomic E-state index is 11.2. The Morgan fingerprint density at radius 2 is 2.20 bits per heavy atom. The summed E-state index contributed by atoms with van der Waals surface area (Å²) in [6.07, 6.45) is -0.788. The molecule has 0 amide bonds. The Hall–Kier alpha value is -0.180. The van der Waals surface area contributed by atoms with Crippen LogP contribution in [-0.4, -0.2) is 46.6 Å². The third-order valence-corrected chi connectivity index (χ3v) is 6.20. The number of aromatic nitrogens is 2. The summed E-state index contributed by atoms with van der Waals surface area (Å²) in [4.78, 5) is 0. The fourth-order valence-corrected chi connectivity index (χ4v) is 5.93. The molecular weight excluding hydrogens is 256 g/mol. The van der Waals surface area contributed by atoms with Gasteiger partial charge in [-0.1, -0.05) is 23.1 Å². The number of aliphatic hydroxyl groups is 1. The Bertz CT molecular complexity index is 456. The van der Waals surface area contributed by atoms with E-state index in [1.54, 1.807) is 0 Å². The minimum Gasteiger partial charge on any atom is -0.391 e. The fraction of sp³-hybridized carbons (Fsp3) is 0.714. The molecule has 2 rings (SSSR count). The van der Waals surface area contributed by atoms with Crippen LogP contribution in [0.3, 0.4) is 0 Å². The number of aliphatic hydroxyl groups excluding tert-OH is 1. The molecule has 0 radical (unpaired) electrons. The molecule has 0 aromatic carbocycles.